The van der Waals surface area contributed by atoms with E-state index in [0.717, 1.165) is 29.4 Å². The van der Waals surface area contributed by atoms with Crippen LogP contribution in [0.2, 0.25) is 0 Å². The standard InChI is InChI=1S/C20H25NO2/c1-15(20(22)21(2)17-11-4-3-5-12-17)23-19-14-8-10-16-9-6-7-13-18(16)19/h6-10,13-15,17H,3-5,11-12H2,1-2H3. The molecule has 3 heteroatoms. The number of rotatable bonds is 4. The Balaban J connectivity index is 1.72. The first-order valence-corrected chi connectivity index (χ1v) is 8.58. The Morgan fingerprint density at radius 2 is 1.78 bits per heavy atom. The van der Waals surface area contributed by atoms with Crippen molar-refractivity contribution >= 4 is 16.7 Å². The van der Waals surface area contributed by atoms with Crippen molar-refractivity contribution in [3.63, 3.8) is 0 Å². The summed E-state index contributed by atoms with van der Waals surface area (Å²) in [5.41, 5.74) is 0. The molecule has 1 fully saturated rings. The molecule has 3 rings (SSSR count). The van der Waals surface area contributed by atoms with Crippen LogP contribution in [0.4, 0.5) is 0 Å². The van der Waals surface area contributed by atoms with Gasteiger partial charge >= 0.3 is 0 Å². The van der Waals surface area contributed by atoms with Crippen molar-refractivity contribution in [2.45, 2.75) is 51.2 Å². The number of benzene rings is 2. The summed E-state index contributed by atoms with van der Waals surface area (Å²) in [6.45, 7) is 1.85. The van der Waals surface area contributed by atoms with Crippen LogP contribution in [0.25, 0.3) is 10.8 Å². The summed E-state index contributed by atoms with van der Waals surface area (Å²) in [4.78, 5) is 14.6. The van der Waals surface area contributed by atoms with E-state index in [-0.39, 0.29) is 5.91 Å². The Labute approximate surface area is 138 Å². The minimum Gasteiger partial charge on any atom is -0.480 e. The van der Waals surface area contributed by atoms with E-state index in [1.807, 2.05) is 49.2 Å². The molecule has 0 aliphatic heterocycles. The summed E-state index contributed by atoms with van der Waals surface area (Å²) < 4.78 is 6.01. The summed E-state index contributed by atoms with van der Waals surface area (Å²) in [6, 6.07) is 14.4. The van der Waals surface area contributed by atoms with Crippen LogP contribution in [0.3, 0.4) is 0 Å². The van der Waals surface area contributed by atoms with Gasteiger partial charge in [-0.1, -0.05) is 55.7 Å². The van der Waals surface area contributed by atoms with E-state index in [0.29, 0.717) is 6.04 Å². The number of hydrogen-bond donors (Lipinski definition) is 0. The molecule has 1 saturated carbocycles. The molecule has 1 aliphatic carbocycles. The van der Waals surface area contributed by atoms with E-state index in [9.17, 15) is 4.79 Å². The maximum absolute atomic E-state index is 12.7. The number of amides is 1. The smallest absolute Gasteiger partial charge is 0.263 e. The number of ether oxygens (including phenoxy) is 1. The van der Waals surface area contributed by atoms with E-state index in [4.69, 9.17) is 4.74 Å². The Kier molecular flexibility index (Phi) is 4.85. The van der Waals surface area contributed by atoms with E-state index >= 15 is 0 Å². The van der Waals surface area contributed by atoms with Crippen molar-refractivity contribution in [1.29, 1.82) is 0 Å². The lowest BCUT2D eigenvalue weighted by molar-refractivity contribution is -0.139. The lowest BCUT2D eigenvalue weighted by Crippen LogP contribution is -2.44. The van der Waals surface area contributed by atoms with Crippen LogP contribution in [0.5, 0.6) is 5.75 Å². The monoisotopic (exact) mass is 311 g/mol. The van der Waals surface area contributed by atoms with Gasteiger partial charge in [0.2, 0.25) is 0 Å². The SMILES string of the molecule is CC(Oc1cccc2ccccc12)C(=O)N(C)C1CCCCC1. The fourth-order valence-corrected chi connectivity index (χ4v) is 3.47. The number of fused-ring (bicyclic) bond motifs is 1. The van der Waals surface area contributed by atoms with Crippen LogP contribution in [0.1, 0.15) is 39.0 Å². The third-order valence-corrected chi connectivity index (χ3v) is 4.87. The number of likely N-dealkylation sites (N-methyl/N-ethyl adjacent to an activating group) is 1. The van der Waals surface area contributed by atoms with Crippen LogP contribution in [-0.4, -0.2) is 30.0 Å². The van der Waals surface area contributed by atoms with Gasteiger partial charge in [0, 0.05) is 18.5 Å². The average Bonchev–Trinajstić information content (AvgIpc) is 2.61. The van der Waals surface area contributed by atoms with Crippen LogP contribution in [0, 0.1) is 0 Å². The number of carbonyl (C=O) groups excluding carboxylic acids is 1. The topological polar surface area (TPSA) is 29.5 Å². The van der Waals surface area contributed by atoms with Crippen LogP contribution >= 0.6 is 0 Å². The molecule has 3 nitrogen and oxygen atoms in total. The van der Waals surface area contributed by atoms with E-state index in [2.05, 4.69) is 12.1 Å². The molecule has 1 amide bonds. The zero-order valence-corrected chi connectivity index (χ0v) is 14.0. The quantitative estimate of drug-likeness (QED) is 0.837. The second-order valence-corrected chi connectivity index (χ2v) is 6.48. The van der Waals surface area contributed by atoms with Crippen molar-refractivity contribution in [1.82, 2.24) is 4.90 Å². The fraction of sp³-hybridized carbons (Fsp3) is 0.450. The molecule has 1 unspecified atom stereocenters. The summed E-state index contributed by atoms with van der Waals surface area (Å²) in [5.74, 6) is 0.853. The first-order valence-electron chi connectivity index (χ1n) is 8.58. The van der Waals surface area contributed by atoms with Crippen LogP contribution in [-0.2, 0) is 4.79 Å². The predicted octanol–water partition coefficient (Wildman–Crippen LogP) is 4.40. The molecular weight excluding hydrogens is 286 g/mol. The normalized spacial score (nSPS) is 17.0. The van der Waals surface area contributed by atoms with Crippen molar-refractivity contribution in [3.05, 3.63) is 42.5 Å². The van der Waals surface area contributed by atoms with Gasteiger partial charge in [-0.15, -0.1) is 0 Å². The molecule has 0 saturated heterocycles. The lowest BCUT2D eigenvalue weighted by atomic mass is 9.94. The van der Waals surface area contributed by atoms with Gasteiger partial charge in [-0.05, 0) is 31.2 Å². The minimum atomic E-state index is -0.465. The van der Waals surface area contributed by atoms with Crippen molar-refractivity contribution in [3.8, 4) is 5.75 Å². The first-order chi connectivity index (χ1) is 11.2. The van der Waals surface area contributed by atoms with Gasteiger partial charge < -0.3 is 9.64 Å². The first kappa shape index (κ1) is 15.9. The molecule has 0 heterocycles. The van der Waals surface area contributed by atoms with Crippen LogP contribution in [0.15, 0.2) is 42.5 Å². The third kappa shape index (κ3) is 3.49. The number of carbonyl (C=O) groups is 1. The van der Waals surface area contributed by atoms with Gasteiger partial charge in [-0.3, -0.25) is 4.79 Å². The molecule has 2 aromatic rings. The molecule has 0 N–H and O–H groups in total. The number of nitrogens with zero attached hydrogens (tertiary/aromatic N) is 1. The summed E-state index contributed by atoms with van der Waals surface area (Å²) in [6.07, 6.45) is 5.50. The predicted molar refractivity (Wildman–Crippen MR) is 93.7 cm³/mol. The van der Waals surface area contributed by atoms with Gasteiger partial charge in [0.1, 0.15) is 5.75 Å². The van der Waals surface area contributed by atoms with Crippen molar-refractivity contribution in [2.24, 2.45) is 0 Å². The molecule has 1 aliphatic rings. The summed E-state index contributed by atoms with van der Waals surface area (Å²) in [7, 11) is 1.92. The minimum absolute atomic E-state index is 0.0739. The Hall–Kier alpha value is -2.03. The molecule has 0 bridgehead atoms. The maximum Gasteiger partial charge on any atom is 0.263 e. The highest BCUT2D eigenvalue weighted by molar-refractivity contribution is 5.89. The molecule has 0 spiro atoms. The molecule has 1 atom stereocenters. The maximum atomic E-state index is 12.7. The average molecular weight is 311 g/mol. The zero-order chi connectivity index (χ0) is 16.2. The molecule has 2 aromatic carbocycles. The summed E-state index contributed by atoms with van der Waals surface area (Å²) in [5, 5.41) is 2.18. The van der Waals surface area contributed by atoms with Crippen molar-refractivity contribution in [2.75, 3.05) is 7.05 Å². The van der Waals surface area contributed by atoms with E-state index < -0.39 is 6.10 Å². The Morgan fingerprint density at radius 3 is 2.57 bits per heavy atom. The number of hydrogen-bond acceptors (Lipinski definition) is 2. The Bertz CT molecular complexity index is 671. The lowest BCUT2D eigenvalue weighted by Gasteiger charge is -2.33. The summed E-state index contributed by atoms with van der Waals surface area (Å²) >= 11 is 0. The second kappa shape index (κ2) is 7.03. The van der Waals surface area contributed by atoms with Gasteiger partial charge in [-0.25, -0.2) is 0 Å². The highest BCUT2D eigenvalue weighted by atomic mass is 16.5. The molecular formula is C20H25NO2. The van der Waals surface area contributed by atoms with Gasteiger partial charge in [0.25, 0.3) is 5.91 Å². The van der Waals surface area contributed by atoms with Crippen LogP contribution < -0.4 is 4.74 Å². The highest BCUT2D eigenvalue weighted by Gasteiger charge is 2.26. The van der Waals surface area contributed by atoms with Crippen molar-refractivity contribution < 1.29 is 9.53 Å². The molecule has 122 valence electrons. The second-order valence-electron chi connectivity index (χ2n) is 6.48. The largest absolute Gasteiger partial charge is 0.480 e. The highest BCUT2D eigenvalue weighted by Crippen LogP contribution is 2.27. The molecule has 0 radical (unpaired) electrons. The third-order valence-electron chi connectivity index (χ3n) is 4.87. The van der Waals surface area contributed by atoms with E-state index in [1.54, 1.807) is 0 Å². The fourth-order valence-electron chi connectivity index (χ4n) is 3.47. The molecule has 23 heavy (non-hydrogen) atoms. The van der Waals surface area contributed by atoms with Gasteiger partial charge in [0.05, 0.1) is 0 Å². The van der Waals surface area contributed by atoms with E-state index in [1.165, 1.54) is 19.3 Å². The zero-order valence-electron chi connectivity index (χ0n) is 14.0. The van der Waals surface area contributed by atoms with Gasteiger partial charge in [-0.2, -0.15) is 0 Å². The molecule has 0 aromatic heterocycles. The Morgan fingerprint density at radius 1 is 1.09 bits per heavy atom. The van der Waals surface area contributed by atoms with Gasteiger partial charge in [0.15, 0.2) is 6.10 Å².